The van der Waals surface area contributed by atoms with Gasteiger partial charge >= 0.3 is 0 Å². The van der Waals surface area contributed by atoms with Gasteiger partial charge in [0.1, 0.15) is 5.75 Å². The van der Waals surface area contributed by atoms with Crippen LogP contribution in [0.3, 0.4) is 0 Å². The number of aryl methyl sites for hydroxylation is 1. The maximum absolute atomic E-state index is 5.55. The van der Waals surface area contributed by atoms with Gasteiger partial charge < -0.3 is 9.47 Å². The largest absolute Gasteiger partial charge is 0.497 e. The van der Waals surface area contributed by atoms with Crippen molar-refractivity contribution in [3.8, 4) is 5.75 Å². The zero-order chi connectivity index (χ0) is 14.9. The van der Waals surface area contributed by atoms with Gasteiger partial charge in [0, 0.05) is 0 Å². The fourth-order valence-corrected chi connectivity index (χ4v) is 1.96. The molecule has 1 aliphatic rings. The number of rotatable bonds is 1. The molecule has 1 aromatic carbocycles. The Hall–Kier alpha value is -1.02. The van der Waals surface area contributed by atoms with E-state index < -0.39 is 0 Å². The Bertz CT molecular complexity index is 345. The second-order valence-corrected chi connectivity index (χ2v) is 5.25. The van der Waals surface area contributed by atoms with Crippen LogP contribution in [0.4, 0.5) is 0 Å². The lowest BCUT2D eigenvalue weighted by atomic mass is 10.1. The van der Waals surface area contributed by atoms with Crippen LogP contribution in [-0.4, -0.2) is 18.8 Å². The lowest BCUT2D eigenvalue weighted by molar-refractivity contribution is -0.00669. The van der Waals surface area contributed by atoms with Crippen LogP contribution in [0.1, 0.15) is 53.0 Å². The molecule has 2 heteroatoms. The van der Waals surface area contributed by atoms with E-state index in [-0.39, 0.29) is 5.60 Å². The Morgan fingerprint density at radius 1 is 1.26 bits per heavy atom. The highest BCUT2D eigenvalue weighted by molar-refractivity contribution is 5.27. The molecule has 0 saturated carbocycles. The van der Waals surface area contributed by atoms with Crippen molar-refractivity contribution < 1.29 is 9.47 Å². The molecule has 0 N–H and O–H groups in total. The molecular weight excluding hydrogens is 236 g/mol. The minimum Gasteiger partial charge on any atom is -0.497 e. The van der Waals surface area contributed by atoms with Gasteiger partial charge in [-0.15, -0.1) is 0 Å². The Morgan fingerprint density at radius 3 is 2.16 bits per heavy atom. The summed E-state index contributed by atoms with van der Waals surface area (Å²) in [5, 5.41) is 0. The molecule has 1 saturated heterocycles. The van der Waals surface area contributed by atoms with Crippen LogP contribution in [0.15, 0.2) is 24.3 Å². The molecule has 0 bridgehead atoms. The van der Waals surface area contributed by atoms with Gasteiger partial charge in [0.2, 0.25) is 0 Å². The zero-order valence-electron chi connectivity index (χ0n) is 13.6. The first-order chi connectivity index (χ1) is 8.93. The summed E-state index contributed by atoms with van der Waals surface area (Å²) in [4.78, 5) is 0. The number of hydrogen-bond donors (Lipinski definition) is 0. The van der Waals surface area contributed by atoms with Crippen molar-refractivity contribution >= 4 is 0 Å². The van der Waals surface area contributed by atoms with Crippen molar-refractivity contribution in [1.82, 2.24) is 0 Å². The molecular formula is C17H30O2. The monoisotopic (exact) mass is 266 g/mol. The van der Waals surface area contributed by atoms with Crippen molar-refractivity contribution in [2.24, 2.45) is 0 Å². The zero-order valence-corrected chi connectivity index (χ0v) is 13.6. The fraction of sp³-hybridized carbons (Fsp3) is 0.647. The third kappa shape index (κ3) is 7.89. The van der Waals surface area contributed by atoms with Gasteiger partial charge in [-0.25, -0.2) is 0 Å². The summed E-state index contributed by atoms with van der Waals surface area (Å²) in [6.45, 7) is 12.5. The van der Waals surface area contributed by atoms with Crippen LogP contribution in [0.2, 0.25) is 0 Å². The standard InChI is InChI=1S/C8H10O.C7H14O.C2H6/c1-7-4-3-5-8(6-7)9-2;1-6-4-5-7(2,3)8-6;1-2/h3-6H,1-2H3;6H,4-5H2,1-3H3;1-2H3. The van der Waals surface area contributed by atoms with Gasteiger partial charge in [-0.05, 0) is 58.2 Å². The molecule has 1 aromatic rings. The first-order valence-electron chi connectivity index (χ1n) is 7.21. The van der Waals surface area contributed by atoms with Crippen molar-refractivity contribution in [2.45, 2.75) is 66.1 Å². The van der Waals surface area contributed by atoms with Gasteiger partial charge in [-0.2, -0.15) is 0 Å². The van der Waals surface area contributed by atoms with E-state index in [0.717, 1.165) is 5.75 Å². The van der Waals surface area contributed by atoms with Gasteiger partial charge in [-0.1, -0.05) is 26.0 Å². The van der Waals surface area contributed by atoms with E-state index >= 15 is 0 Å². The van der Waals surface area contributed by atoms with Crippen LogP contribution in [0.5, 0.6) is 5.75 Å². The molecule has 0 amide bonds. The molecule has 1 unspecified atom stereocenters. The van der Waals surface area contributed by atoms with E-state index in [4.69, 9.17) is 9.47 Å². The highest BCUT2D eigenvalue weighted by Crippen LogP contribution is 2.28. The molecule has 1 heterocycles. The van der Waals surface area contributed by atoms with Crippen molar-refractivity contribution in [2.75, 3.05) is 7.11 Å². The topological polar surface area (TPSA) is 18.5 Å². The van der Waals surface area contributed by atoms with E-state index in [0.29, 0.717) is 6.10 Å². The fourth-order valence-electron chi connectivity index (χ4n) is 1.96. The molecule has 0 aromatic heterocycles. The van der Waals surface area contributed by atoms with Crippen molar-refractivity contribution in [3.63, 3.8) is 0 Å². The second kappa shape index (κ2) is 8.98. The number of hydrogen-bond acceptors (Lipinski definition) is 2. The highest BCUT2D eigenvalue weighted by atomic mass is 16.5. The molecule has 19 heavy (non-hydrogen) atoms. The number of methoxy groups -OCH3 is 1. The quantitative estimate of drug-likeness (QED) is 0.712. The van der Waals surface area contributed by atoms with Crippen LogP contribution >= 0.6 is 0 Å². The van der Waals surface area contributed by atoms with E-state index in [1.165, 1.54) is 18.4 Å². The molecule has 110 valence electrons. The third-order valence-corrected chi connectivity index (χ3v) is 2.90. The van der Waals surface area contributed by atoms with Gasteiger partial charge in [0.05, 0.1) is 18.8 Å². The molecule has 1 fully saturated rings. The van der Waals surface area contributed by atoms with Gasteiger partial charge in [0.15, 0.2) is 0 Å². The molecule has 1 atom stereocenters. The third-order valence-electron chi connectivity index (χ3n) is 2.90. The molecule has 2 nitrogen and oxygen atoms in total. The molecule has 0 radical (unpaired) electrons. The molecule has 0 spiro atoms. The van der Waals surface area contributed by atoms with E-state index in [1.54, 1.807) is 7.11 Å². The Balaban J connectivity index is 0.000000303. The first-order valence-corrected chi connectivity index (χ1v) is 7.21. The summed E-state index contributed by atoms with van der Waals surface area (Å²) in [6.07, 6.45) is 2.94. The summed E-state index contributed by atoms with van der Waals surface area (Å²) >= 11 is 0. The van der Waals surface area contributed by atoms with Crippen LogP contribution in [0.25, 0.3) is 0 Å². The van der Waals surface area contributed by atoms with Crippen LogP contribution in [-0.2, 0) is 4.74 Å². The normalized spacial score (nSPS) is 19.6. The average molecular weight is 266 g/mol. The Kier molecular flexibility index (Phi) is 8.49. The molecule has 0 aliphatic carbocycles. The Morgan fingerprint density at radius 2 is 1.89 bits per heavy atom. The minimum absolute atomic E-state index is 0.166. The average Bonchev–Trinajstić information content (AvgIpc) is 2.70. The lowest BCUT2D eigenvalue weighted by Gasteiger charge is -2.16. The molecule has 2 rings (SSSR count). The Labute approximate surface area is 119 Å². The van der Waals surface area contributed by atoms with Gasteiger partial charge in [0.25, 0.3) is 0 Å². The first kappa shape index (κ1) is 18.0. The van der Waals surface area contributed by atoms with Crippen LogP contribution < -0.4 is 4.74 Å². The second-order valence-electron chi connectivity index (χ2n) is 5.25. The van der Waals surface area contributed by atoms with Crippen molar-refractivity contribution in [1.29, 1.82) is 0 Å². The molecule has 1 aliphatic heterocycles. The van der Waals surface area contributed by atoms with E-state index in [9.17, 15) is 0 Å². The van der Waals surface area contributed by atoms with Crippen molar-refractivity contribution in [3.05, 3.63) is 29.8 Å². The predicted molar refractivity (Wildman–Crippen MR) is 82.9 cm³/mol. The highest BCUT2D eigenvalue weighted by Gasteiger charge is 2.28. The van der Waals surface area contributed by atoms with Crippen LogP contribution in [0, 0.1) is 6.92 Å². The number of benzene rings is 1. The maximum Gasteiger partial charge on any atom is 0.119 e. The smallest absolute Gasteiger partial charge is 0.119 e. The summed E-state index contributed by atoms with van der Waals surface area (Å²) < 4.78 is 10.5. The maximum atomic E-state index is 5.55. The SMILES string of the molecule is CC.CC1CCC(C)(C)O1.COc1cccc(C)c1. The summed E-state index contributed by atoms with van der Waals surface area (Å²) in [5.41, 5.74) is 1.40. The van der Waals surface area contributed by atoms with E-state index in [2.05, 4.69) is 20.8 Å². The van der Waals surface area contributed by atoms with E-state index in [1.807, 2.05) is 45.0 Å². The predicted octanol–water partition coefficient (Wildman–Crippen LogP) is 4.99. The lowest BCUT2D eigenvalue weighted by Crippen LogP contribution is -2.18. The summed E-state index contributed by atoms with van der Waals surface area (Å²) in [6, 6.07) is 7.96. The van der Waals surface area contributed by atoms with Gasteiger partial charge in [-0.3, -0.25) is 0 Å². The summed E-state index contributed by atoms with van der Waals surface area (Å²) in [5.74, 6) is 0.926. The summed E-state index contributed by atoms with van der Waals surface area (Å²) in [7, 11) is 1.68. The minimum atomic E-state index is 0.166. The number of ether oxygens (including phenoxy) is 2.